The van der Waals surface area contributed by atoms with Crippen molar-refractivity contribution in [3.8, 4) is 0 Å². The van der Waals surface area contributed by atoms with E-state index in [1.54, 1.807) is 27.7 Å². The predicted octanol–water partition coefficient (Wildman–Crippen LogP) is 0.716. The highest BCUT2D eigenvalue weighted by molar-refractivity contribution is 7.32. The Morgan fingerprint density at radius 1 is 1.50 bits per heavy atom. The van der Waals surface area contributed by atoms with Crippen molar-refractivity contribution in [3.63, 3.8) is 0 Å². The van der Waals surface area contributed by atoms with Crippen molar-refractivity contribution in [1.82, 2.24) is 0 Å². The van der Waals surface area contributed by atoms with Gasteiger partial charge in [0, 0.05) is 5.92 Å². The summed E-state index contributed by atoms with van der Waals surface area (Å²) in [6.07, 6.45) is -0.596. The van der Waals surface area contributed by atoms with Crippen LogP contribution in [-0.4, -0.2) is 22.3 Å². The summed E-state index contributed by atoms with van der Waals surface area (Å²) < 4.78 is 15.1. The molecule has 14 heavy (non-hydrogen) atoms. The fourth-order valence-electron chi connectivity index (χ4n) is 1.06. The second kappa shape index (κ2) is 5.03. The fourth-order valence-corrected chi connectivity index (χ4v) is 1.58. The standard InChI is InChI=1S/C8H18NO4P/c1-5(6(2)13-14(11)12)7(10)8(3,4)9/h5-6,14H,9H2,1-4H3,(H,11,12)/t5-,6+/m0/s1. The van der Waals surface area contributed by atoms with Gasteiger partial charge in [-0.3, -0.25) is 9.36 Å². The molecule has 0 aliphatic heterocycles. The molecule has 0 aromatic carbocycles. The van der Waals surface area contributed by atoms with Crippen LogP contribution in [0.3, 0.4) is 0 Å². The highest BCUT2D eigenvalue weighted by atomic mass is 31.1. The maximum Gasteiger partial charge on any atom is 0.316 e. The molecule has 0 radical (unpaired) electrons. The van der Waals surface area contributed by atoms with E-state index in [0.29, 0.717) is 0 Å². The summed E-state index contributed by atoms with van der Waals surface area (Å²) in [5, 5.41) is 0. The second-order valence-electron chi connectivity index (χ2n) is 3.96. The third-order valence-corrected chi connectivity index (χ3v) is 2.61. The lowest BCUT2D eigenvalue weighted by atomic mass is 9.88. The van der Waals surface area contributed by atoms with Crippen LogP contribution < -0.4 is 5.73 Å². The third-order valence-electron chi connectivity index (χ3n) is 2.04. The molecule has 0 saturated heterocycles. The summed E-state index contributed by atoms with van der Waals surface area (Å²) in [5.74, 6) is -0.677. The maximum absolute atomic E-state index is 11.6. The van der Waals surface area contributed by atoms with Crippen LogP contribution in [0.2, 0.25) is 0 Å². The van der Waals surface area contributed by atoms with Gasteiger partial charge < -0.3 is 15.2 Å². The van der Waals surface area contributed by atoms with Crippen LogP contribution in [0.5, 0.6) is 0 Å². The molecule has 0 fully saturated rings. The Labute approximate surface area is 84.6 Å². The van der Waals surface area contributed by atoms with Gasteiger partial charge in [0.25, 0.3) is 0 Å². The Hall–Kier alpha value is -0.220. The molecule has 0 amide bonds. The van der Waals surface area contributed by atoms with Crippen LogP contribution in [-0.2, 0) is 13.9 Å². The van der Waals surface area contributed by atoms with Gasteiger partial charge in [-0.15, -0.1) is 0 Å². The summed E-state index contributed by atoms with van der Waals surface area (Å²) in [4.78, 5) is 20.1. The van der Waals surface area contributed by atoms with E-state index in [1.165, 1.54) is 0 Å². The molecule has 0 saturated carbocycles. The van der Waals surface area contributed by atoms with E-state index in [2.05, 4.69) is 4.52 Å². The Morgan fingerprint density at radius 2 is 1.93 bits per heavy atom. The number of hydrogen-bond acceptors (Lipinski definition) is 4. The topological polar surface area (TPSA) is 89.6 Å². The molecular weight excluding hydrogens is 205 g/mol. The van der Waals surface area contributed by atoms with Gasteiger partial charge in [0.05, 0.1) is 11.6 Å². The summed E-state index contributed by atoms with van der Waals surface area (Å²) in [7, 11) is -3.00. The van der Waals surface area contributed by atoms with Crippen LogP contribution in [0.15, 0.2) is 0 Å². The summed E-state index contributed by atoms with van der Waals surface area (Å²) in [6.45, 7) is 6.40. The number of nitrogens with two attached hydrogens (primary N) is 1. The lowest BCUT2D eigenvalue weighted by Gasteiger charge is -2.25. The number of Topliss-reactive ketones (excluding diaryl/α,β-unsaturated/α-hetero) is 1. The minimum atomic E-state index is -3.00. The minimum Gasteiger partial charge on any atom is -0.326 e. The van der Waals surface area contributed by atoms with Gasteiger partial charge in [-0.05, 0) is 20.8 Å². The first-order valence-electron chi connectivity index (χ1n) is 4.39. The van der Waals surface area contributed by atoms with Crippen LogP contribution >= 0.6 is 8.25 Å². The quantitative estimate of drug-likeness (QED) is 0.670. The molecule has 0 aromatic heterocycles. The SMILES string of the molecule is C[C@H](C(=O)C(C)(C)N)[C@@H](C)O[PH](=O)O. The lowest BCUT2D eigenvalue weighted by Crippen LogP contribution is -2.47. The highest BCUT2D eigenvalue weighted by Gasteiger charge is 2.31. The molecule has 0 spiro atoms. The largest absolute Gasteiger partial charge is 0.326 e. The van der Waals surface area contributed by atoms with Crippen molar-refractivity contribution < 1.29 is 18.8 Å². The molecule has 0 aliphatic rings. The monoisotopic (exact) mass is 223 g/mol. The first kappa shape index (κ1) is 13.8. The fraction of sp³-hybridized carbons (Fsp3) is 0.875. The number of ketones is 1. The number of carbonyl (C=O) groups is 1. The predicted molar refractivity (Wildman–Crippen MR) is 54.2 cm³/mol. The molecule has 84 valence electrons. The zero-order chi connectivity index (χ0) is 11.5. The normalized spacial score (nSPS) is 18.7. The number of hydrogen-bond donors (Lipinski definition) is 2. The molecule has 3 atom stereocenters. The summed E-state index contributed by atoms with van der Waals surface area (Å²) >= 11 is 0. The molecular formula is C8H18NO4P. The number of carbonyl (C=O) groups excluding carboxylic acids is 1. The van der Waals surface area contributed by atoms with E-state index in [4.69, 9.17) is 10.6 Å². The molecule has 0 aromatic rings. The van der Waals surface area contributed by atoms with Crippen LogP contribution in [0.1, 0.15) is 27.7 Å². The molecule has 6 heteroatoms. The molecule has 3 N–H and O–H groups in total. The van der Waals surface area contributed by atoms with Gasteiger partial charge in [0.2, 0.25) is 0 Å². The smallest absolute Gasteiger partial charge is 0.316 e. The minimum absolute atomic E-state index is 0.187. The third kappa shape index (κ3) is 4.33. The van der Waals surface area contributed by atoms with E-state index >= 15 is 0 Å². The molecule has 0 aliphatic carbocycles. The van der Waals surface area contributed by atoms with Gasteiger partial charge in [-0.25, -0.2) is 0 Å². The van der Waals surface area contributed by atoms with E-state index < -0.39 is 25.8 Å². The first-order valence-corrected chi connectivity index (χ1v) is 5.65. The van der Waals surface area contributed by atoms with Crippen molar-refractivity contribution in [1.29, 1.82) is 0 Å². The Bertz CT molecular complexity index is 236. The van der Waals surface area contributed by atoms with E-state index in [0.717, 1.165) is 0 Å². The van der Waals surface area contributed by atoms with Crippen LogP contribution in [0.4, 0.5) is 0 Å². The van der Waals surface area contributed by atoms with Crippen molar-refractivity contribution >= 4 is 14.0 Å². The highest BCUT2D eigenvalue weighted by Crippen LogP contribution is 2.24. The van der Waals surface area contributed by atoms with Crippen LogP contribution in [0, 0.1) is 5.92 Å². The average molecular weight is 223 g/mol. The lowest BCUT2D eigenvalue weighted by molar-refractivity contribution is -0.129. The van der Waals surface area contributed by atoms with Crippen molar-refractivity contribution in [2.24, 2.45) is 11.7 Å². The van der Waals surface area contributed by atoms with Gasteiger partial charge in [0.1, 0.15) is 0 Å². The van der Waals surface area contributed by atoms with Crippen LogP contribution in [0.25, 0.3) is 0 Å². The average Bonchev–Trinajstić information content (AvgIpc) is 1.98. The van der Waals surface area contributed by atoms with E-state index in [1.807, 2.05) is 0 Å². The van der Waals surface area contributed by atoms with Gasteiger partial charge >= 0.3 is 8.25 Å². The van der Waals surface area contributed by atoms with Gasteiger partial charge in [-0.2, -0.15) is 0 Å². The summed E-state index contributed by atoms with van der Waals surface area (Å²) in [5.41, 5.74) is 4.67. The zero-order valence-corrected chi connectivity index (χ0v) is 9.90. The second-order valence-corrected chi connectivity index (χ2v) is 4.73. The first-order chi connectivity index (χ1) is 6.16. The molecule has 0 rings (SSSR count). The molecule has 5 nitrogen and oxygen atoms in total. The summed E-state index contributed by atoms with van der Waals surface area (Å²) in [6, 6.07) is 0. The van der Waals surface area contributed by atoms with Crippen molar-refractivity contribution in [2.45, 2.75) is 39.3 Å². The Morgan fingerprint density at radius 3 is 2.21 bits per heavy atom. The molecule has 0 heterocycles. The van der Waals surface area contributed by atoms with Gasteiger partial charge in [0.15, 0.2) is 5.78 Å². The molecule has 0 bridgehead atoms. The van der Waals surface area contributed by atoms with E-state index in [9.17, 15) is 9.36 Å². The zero-order valence-electron chi connectivity index (χ0n) is 8.90. The van der Waals surface area contributed by atoms with Crippen molar-refractivity contribution in [2.75, 3.05) is 0 Å². The Balaban J connectivity index is 4.39. The van der Waals surface area contributed by atoms with E-state index in [-0.39, 0.29) is 5.78 Å². The Kier molecular flexibility index (Phi) is 4.95. The number of rotatable bonds is 5. The van der Waals surface area contributed by atoms with Gasteiger partial charge in [-0.1, -0.05) is 6.92 Å². The van der Waals surface area contributed by atoms with Crippen molar-refractivity contribution in [3.05, 3.63) is 0 Å². The maximum atomic E-state index is 11.6. The molecule has 1 unspecified atom stereocenters.